The van der Waals surface area contributed by atoms with Gasteiger partial charge in [0.1, 0.15) is 44.1 Å². The molecular formula is C45H50ClN8O8S+. The van der Waals surface area contributed by atoms with Crippen molar-refractivity contribution in [2.75, 3.05) is 37.5 Å². The van der Waals surface area contributed by atoms with Gasteiger partial charge in [0.05, 0.1) is 40.1 Å². The van der Waals surface area contributed by atoms with Gasteiger partial charge in [0, 0.05) is 43.2 Å². The molecule has 2 atom stereocenters. The number of ether oxygens (including phenoxy) is 2. The summed E-state index contributed by atoms with van der Waals surface area (Å²) in [5.41, 5.74) is 5.31. The van der Waals surface area contributed by atoms with Gasteiger partial charge in [-0.1, -0.05) is 44.5 Å². The van der Waals surface area contributed by atoms with Crippen molar-refractivity contribution in [3.8, 4) is 17.6 Å². The summed E-state index contributed by atoms with van der Waals surface area (Å²) in [6.45, 7) is 8.40. The van der Waals surface area contributed by atoms with Gasteiger partial charge in [-0.3, -0.25) is 24.1 Å². The van der Waals surface area contributed by atoms with Gasteiger partial charge in [-0.25, -0.2) is 14.8 Å². The number of likely N-dealkylation sites (tertiary alicyclic amines) is 1. The number of ketones is 2. The first-order chi connectivity index (χ1) is 29.9. The number of carbonyl (C=O) groups is 5. The summed E-state index contributed by atoms with van der Waals surface area (Å²) in [5.74, 6) is -0.507. The van der Waals surface area contributed by atoms with Crippen molar-refractivity contribution in [1.29, 1.82) is 5.26 Å². The number of urea groups is 1. The second-order valence-electron chi connectivity index (χ2n) is 16.3. The van der Waals surface area contributed by atoms with Crippen LogP contribution < -0.4 is 20.2 Å². The number of imide groups is 1. The lowest BCUT2D eigenvalue weighted by Crippen LogP contribution is -2.44. The Hall–Kier alpha value is -6.06. The van der Waals surface area contributed by atoms with E-state index in [9.17, 15) is 34.4 Å². The lowest BCUT2D eigenvalue weighted by molar-refractivity contribution is -0.955. The topological polar surface area (TPSA) is 204 Å². The number of Topliss-reactive ketones (excluding diaryl/α,β-unsaturated/α-hetero) is 2. The van der Waals surface area contributed by atoms with E-state index in [1.807, 2.05) is 44.2 Å². The number of halogens is 1. The highest BCUT2D eigenvalue weighted by Gasteiger charge is 2.42. The Morgan fingerprint density at radius 3 is 2.38 bits per heavy atom. The molecule has 3 aromatic carbocycles. The fraction of sp³-hybridized carbons (Fsp3) is 0.378. The molecule has 3 heterocycles. The van der Waals surface area contributed by atoms with E-state index in [4.69, 9.17) is 21.1 Å². The third kappa shape index (κ3) is 11.1. The van der Waals surface area contributed by atoms with Crippen LogP contribution in [0.4, 0.5) is 16.4 Å². The molecule has 0 radical (unpaired) electrons. The maximum atomic E-state index is 13.4. The number of rotatable bonds is 17. The molecule has 4 aromatic rings. The van der Waals surface area contributed by atoms with Crippen molar-refractivity contribution in [3.63, 3.8) is 0 Å². The summed E-state index contributed by atoms with van der Waals surface area (Å²) in [5, 5.41) is 23.1. The number of benzene rings is 3. The van der Waals surface area contributed by atoms with E-state index >= 15 is 0 Å². The van der Waals surface area contributed by atoms with Crippen LogP contribution in [0.15, 0.2) is 66.9 Å². The predicted octanol–water partition coefficient (Wildman–Crippen LogP) is 7.55. The second-order valence-corrected chi connectivity index (χ2v) is 17.4. The highest BCUT2D eigenvalue weighted by atomic mass is 35.5. The molecule has 2 aliphatic rings. The zero-order chi connectivity index (χ0) is 45.6. The van der Waals surface area contributed by atoms with Crippen LogP contribution in [-0.2, 0) is 21.6 Å². The summed E-state index contributed by atoms with van der Waals surface area (Å²) in [6.07, 6.45) is 3.24. The third-order valence-electron chi connectivity index (χ3n) is 11.3. The number of fused-ring (bicyclic) bond motifs is 1. The number of hydrogen-bond donors (Lipinski definition) is 4. The van der Waals surface area contributed by atoms with Crippen LogP contribution >= 0.6 is 24.4 Å². The van der Waals surface area contributed by atoms with Crippen LogP contribution in [0.25, 0.3) is 0 Å². The minimum atomic E-state index is -1.05. The van der Waals surface area contributed by atoms with Crippen LogP contribution in [-0.4, -0.2) is 91.3 Å². The molecule has 330 valence electrons. The zero-order valence-electron chi connectivity index (χ0n) is 35.7. The van der Waals surface area contributed by atoms with Crippen molar-refractivity contribution in [2.24, 2.45) is 5.92 Å². The first-order valence-corrected chi connectivity index (χ1v) is 21.3. The first-order valence-electron chi connectivity index (χ1n) is 20.5. The van der Waals surface area contributed by atoms with Gasteiger partial charge in [-0.05, 0) is 95.9 Å². The SMILES string of the molecule is CCC(=O)CCC(C(C)=O)N1C(=O)c2ccc(NC(=O)N3CCC(COc4c(Cl)cc(C(C)(C)c5ccc(OCc6ccnc(N[N+](C)(O)S)n6)cc5)cc4C#N)CC3)cc2C1=O. The molecule has 0 spiro atoms. The van der Waals surface area contributed by atoms with Crippen LogP contribution in [0.5, 0.6) is 11.5 Å². The maximum absolute atomic E-state index is 13.4. The number of anilines is 2. The van der Waals surface area contributed by atoms with Gasteiger partial charge >= 0.3 is 6.03 Å². The van der Waals surface area contributed by atoms with E-state index < -0.39 is 27.4 Å². The largest absolute Gasteiger partial charge is 0.490 e. The Balaban J connectivity index is 1.01. The minimum Gasteiger partial charge on any atom is -0.490 e. The van der Waals surface area contributed by atoms with E-state index in [-0.39, 0.29) is 60.0 Å². The van der Waals surface area contributed by atoms with Crippen molar-refractivity contribution >= 4 is 65.5 Å². The summed E-state index contributed by atoms with van der Waals surface area (Å²) in [7, 11) is 1.40. The molecule has 3 N–H and O–H groups in total. The number of thiol groups is 1. The number of hydrogen-bond acceptors (Lipinski definition) is 13. The maximum Gasteiger partial charge on any atom is 0.321 e. The molecule has 1 aromatic heterocycles. The van der Waals surface area contributed by atoms with Crippen LogP contribution in [0.2, 0.25) is 5.02 Å². The van der Waals surface area contributed by atoms with E-state index in [1.54, 1.807) is 36.2 Å². The van der Waals surface area contributed by atoms with E-state index in [0.717, 1.165) is 16.0 Å². The Labute approximate surface area is 376 Å². The second kappa shape index (κ2) is 19.5. The molecule has 6 rings (SSSR count). The Morgan fingerprint density at radius 1 is 1.03 bits per heavy atom. The van der Waals surface area contributed by atoms with Crippen molar-refractivity contribution in [3.05, 3.63) is 105 Å². The Morgan fingerprint density at radius 2 is 1.73 bits per heavy atom. The number of piperidine rings is 1. The van der Waals surface area contributed by atoms with Crippen LogP contribution in [0.3, 0.4) is 0 Å². The van der Waals surface area contributed by atoms with Gasteiger partial charge in [-0.15, -0.1) is 0 Å². The van der Waals surface area contributed by atoms with Crippen molar-refractivity contribution < 1.29 is 42.8 Å². The quantitative estimate of drug-likeness (QED) is 0.0351. The highest BCUT2D eigenvalue weighted by Crippen LogP contribution is 2.39. The number of carbonyl (C=O) groups excluding carboxylic acids is 5. The van der Waals surface area contributed by atoms with Crippen molar-refractivity contribution in [1.82, 2.24) is 19.8 Å². The number of quaternary nitrogens is 1. The van der Waals surface area contributed by atoms with Crippen molar-refractivity contribution in [2.45, 2.75) is 77.9 Å². The summed E-state index contributed by atoms with van der Waals surface area (Å²) < 4.78 is 11.3. The summed E-state index contributed by atoms with van der Waals surface area (Å²) in [4.78, 5) is 75.2. The van der Waals surface area contributed by atoms with E-state index in [2.05, 4.69) is 39.6 Å². The smallest absolute Gasteiger partial charge is 0.321 e. The number of nitrogens with zero attached hydrogens (tertiary/aromatic N) is 6. The predicted molar refractivity (Wildman–Crippen MR) is 236 cm³/mol. The standard InChI is InChI=1S/C45H49ClN8O8S/c1-6-34(56)10-14-39(27(2)55)53-41(57)36-13-9-32(23-37(36)42(53)58)50-44(59)52-19-16-28(17-20-52)25-62-40-29(24-47)21-31(22-38(40)46)45(3,4)30-7-11-35(12-8-30)61-26-33-15-18-48-43(49-33)51-54(5,60)63/h7-9,11-13,15,18,21-23,28,39,60,63H,6,10,14,16-17,19-20,25-26H2,1-5H3,(H-,48,49,50,51,57,59)/p+1. The summed E-state index contributed by atoms with van der Waals surface area (Å²) in [6, 6.07) is 18.2. The molecule has 2 unspecified atom stereocenters. The lowest BCUT2D eigenvalue weighted by atomic mass is 9.77. The fourth-order valence-corrected chi connectivity index (χ4v) is 7.87. The van der Waals surface area contributed by atoms with Crippen LogP contribution in [0.1, 0.15) is 103 Å². The Bertz CT molecular complexity index is 2440. The number of aromatic nitrogens is 2. The summed E-state index contributed by atoms with van der Waals surface area (Å²) >= 11 is 10.8. The average molecular weight is 898 g/mol. The highest BCUT2D eigenvalue weighted by molar-refractivity contribution is 7.74. The molecule has 0 aliphatic carbocycles. The van der Waals surface area contributed by atoms with Gasteiger partial charge in [0.25, 0.3) is 17.8 Å². The molecule has 2 aliphatic heterocycles. The van der Waals surface area contributed by atoms with E-state index in [0.29, 0.717) is 72.4 Å². The molecule has 0 saturated carbocycles. The fourth-order valence-electron chi connectivity index (χ4n) is 7.51. The molecule has 16 nitrogen and oxygen atoms in total. The van der Waals surface area contributed by atoms with E-state index in [1.165, 1.54) is 26.1 Å². The minimum absolute atomic E-state index is 0.0578. The number of amides is 4. The molecular weight excluding hydrogens is 848 g/mol. The number of nitrogens with one attached hydrogen (secondary N) is 2. The van der Waals surface area contributed by atoms with Gasteiger partial charge in [0.15, 0.2) is 11.5 Å². The molecule has 18 heteroatoms. The monoisotopic (exact) mass is 897 g/mol. The molecule has 4 amide bonds. The van der Waals surface area contributed by atoms with Crippen LogP contribution in [0, 0.1) is 17.2 Å². The normalized spacial score (nSPS) is 15.5. The first kappa shape index (κ1) is 46.4. The van der Waals surface area contributed by atoms with Gasteiger partial charge in [0.2, 0.25) is 0 Å². The molecule has 1 saturated heterocycles. The average Bonchev–Trinajstić information content (AvgIpc) is 3.49. The molecule has 0 bridgehead atoms. The van der Waals surface area contributed by atoms with Gasteiger partial charge < -0.3 is 19.7 Å². The number of hydroxylamine groups is 1. The number of nitriles is 1. The Kier molecular flexibility index (Phi) is 14.4. The molecule has 1 fully saturated rings. The van der Waals surface area contributed by atoms with Gasteiger partial charge in [-0.2, -0.15) is 15.9 Å². The third-order valence-corrected chi connectivity index (χ3v) is 11.7. The molecule has 63 heavy (non-hydrogen) atoms. The lowest BCUT2D eigenvalue weighted by Gasteiger charge is -2.32. The zero-order valence-corrected chi connectivity index (χ0v) is 37.3.